The van der Waals surface area contributed by atoms with Gasteiger partial charge in [0, 0.05) is 80.2 Å². The van der Waals surface area contributed by atoms with Gasteiger partial charge in [0.2, 0.25) is 0 Å². The smallest absolute Gasteiger partial charge is 0.316 e. The van der Waals surface area contributed by atoms with Crippen molar-refractivity contribution in [2.45, 2.75) is 13.1 Å². The standard InChI is InChI=1S/C25H26ClN5O2/c1-29(2)20-4-5-23-18(10-20)6-7-31(23)21-11-19-16-30(8-9-33-24(19)22(26)12-21)15-17-13-27-25(32-3)28-14-17/h4-7,10-14H,8-9,15-16H2,1-3H3. The largest absolute Gasteiger partial charge is 0.490 e. The van der Waals surface area contributed by atoms with Crippen LogP contribution < -0.4 is 14.4 Å². The summed E-state index contributed by atoms with van der Waals surface area (Å²) in [7, 11) is 5.66. The third kappa shape index (κ3) is 4.34. The molecule has 7 nitrogen and oxygen atoms in total. The SMILES string of the molecule is COc1ncc(CN2CCOc3c(Cl)cc(-n4ccc5cc(N(C)C)ccc54)cc3C2)cn1. The summed E-state index contributed by atoms with van der Waals surface area (Å²) in [5.74, 6) is 0.764. The third-order valence-electron chi connectivity index (χ3n) is 5.89. The van der Waals surface area contributed by atoms with Gasteiger partial charge < -0.3 is 18.9 Å². The second-order valence-corrected chi connectivity index (χ2v) is 8.78. The number of rotatable bonds is 5. The molecule has 2 aromatic carbocycles. The lowest BCUT2D eigenvalue weighted by atomic mass is 10.1. The second kappa shape index (κ2) is 8.92. The zero-order chi connectivity index (χ0) is 22.9. The fraction of sp³-hybridized carbons (Fsp3) is 0.280. The van der Waals surface area contributed by atoms with Gasteiger partial charge in [-0.25, -0.2) is 9.97 Å². The molecule has 33 heavy (non-hydrogen) atoms. The van der Waals surface area contributed by atoms with Gasteiger partial charge in [0.15, 0.2) is 0 Å². The summed E-state index contributed by atoms with van der Waals surface area (Å²) in [4.78, 5) is 12.9. The van der Waals surface area contributed by atoms with Crippen molar-refractivity contribution in [3.63, 3.8) is 0 Å². The third-order valence-corrected chi connectivity index (χ3v) is 6.17. The number of halogens is 1. The van der Waals surface area contributed by atoms with Gasteiger partial charge in [0.1, 0.15) is 12.4 Å². The molecule has 0 saturated heterocycles. The van der Waals surface area contributed by atoms with Crippen LogP contribution in [0.3, 0.4) is 0 Å². The van der Waals surface area contributed by atoms with E-state index in [1.807, 2.05) is 20.2 Å². The van der Waals surface area contributed by atoms with E-state index in [1.165, 1.54) is 11.1 Å². The molecular formula is C25H26ClN5O2. The predicted molar refractivity (Wildman–Crippen MR) is 131 cm³/mol. The minimum Gasteiger partial charge on any atom is -0.490 e. The lowest BCUT2D eigenvalue weighted by Gasteiger charge is -2.19. The molecule has 2 aromatic heterocycles. The highest BCUT2D eigenvalue weighted by Gasteiger charge is 2.20. The quantitative estimate of drug-likeness (QED) is 0.433. The summed E-state index contributed by atoms with van der Waals surface area (Å²) < 4.78 is 13.3. The average molecular weight is 464 g/mol. The van der Waals surface area contributed by atoms with Crippen molar-refractivity contribution in [3.05, 3.63) is 71.1 Å². The van der Waals surface area contributed by atoms with Gasteiger partial charge in [-0.05, 0) is 36.4 Å². The highest BCUT2D eigenvalue weighted by Crippen LogP contribution is 2.36. The lowest BCUT2D eigenvalue weighted by Crippen LogP contribution is -2.25. The van der Waals surface area contributed by atoms with Gasteiger partial charge in [-0.2, -0.15) is 0 Å². The maximum Gasteiger partial charge on any atom is 0.316 e. The summed E-state index contributed by atoms with van der Waals surface area (Å²) in [6.07, 6.45) is 5.69. The minimum atomic E-state index is 0.372. The molecule has 0 radical (unpaired) electrons. The molecule has 170 valence electrons. The first-order chi connectivity index (χ1) is 16.0. The average Bonchev–Trinajstić information content (AvgIpc) is 3.13. The molecule has 8 heteroatoms. The monoisotopic (exact) mass is 463 g/mol. The number of hydrogen-bond acceptors (Lipinski definition) is 6. The lowest BCUT2D eigenvalue weighted by molar-refractivity contribution is 0.219. The first kappa shape index (κ1) is 21.6. The molecule has 0 saturated carbocycles. The van der Waals surface area contributed by atoms with Crippen LogP contribution in [0.2, 0.25) is 5.02 Å². The van der Waals surface area contributed by atoms with E-state index in [4.69, 9.17) is 21.1 Å². The minimum absolute atomic E-state index is 0.372. The molecule has 1 aliphatic heterocycles. The summed E-state index contributed by atoms with van der Waals surface area (Å²) in [6.45, 7) is 2.79. The number of methoxy groups -OCH3 is 1. The highest BCUT2D eigenvalue weighted by atomic mass is 35.5. The van der Waals surface area contributed by atoms with Gasteiger partial charge >= 0.3 is 6.01 Å². The van der Waals surface area contributed by atoms with E-state index in [1.54, 1.807) is 19.5 Å². The molecule has 0 amide bonds. The van der Waals surface area contributed by atoms with Crippen molar-refractivity contribution in [2.75, 3.05) is 39.3 Å². The van der Waals surface area contributed by atoms with Crippen molar-refractivity contribution >= 4 is 28.2 Å². The van der Waals surface area contributed by atoms with E-state index in [9.17, 15) is 0 Å². The Kier molecular flexibility index (Phi) is 5.83. The summed E-state index contributed by atoms with van der Waals surface area (Å²) in [5.41, 5.74) is 5.42. The van der Waals surface area contributed by atoms with E-state index in [0.29, 0.717) is 24.2 Å². The van der Waals surface area contributed by atoms with E-state index < -0.39 is 0 Å². The molecule has 1 aliphatic rings. The topological polar surface area (TPSA) is 55.7 Å². The van der Waals surface area contributed by atoms with E-state index in [2.05, 4.69) is 60.9 Å². The van der Waals surface area contributed by atoms with Crippen LogP contribution >= 0.6 is 11.6 Å². The number of aromatic nitrogens is 3. The van der Waals surface area contributed by atoms with Crippen LogP contribution in [0, 0.1) is 0 Å². The molecule has 0 spiro atoms. The molecule has 5 rings (SSSR count). The number of nitrogens with zero attached hydrogens (tertiary/aromatic N) is 5. The first-order valence-corrected chi connectivity index (χ1v) is 11.2. The van der Waals surface area contributed by atoms with Crippen LogP contribution in [0.4, 0.5) is 5.69 Å². The highest BCUT2D eigenvalue weighted by molar-refractivity contribution is 6.32. The van der Waals surface area contributed by atoms with Crippen molar-refractivity contribution in [2.24, 2.45) is 0 Å². The van der Waals surface area contributed by atoms with Crippen molar-refractivity contribution in [1.29, 1.82) is 0 Å². The zero-order valence-electron chi connectivity index (χ0n) is 19.0. The Morgan fingerprint density at radius 3 is 2.70 bits per heavy atom. The number of fused-ring (bicyclic) bond motifs is 2. The Balaban J connectivity index is 1.46. The van der Waals surface area contributed by atoms with Gasteiger partial charge in [0.25, 0.3) is 0 Å². The Bertz CT molecular complexity index is 1290. The second-order valence-electron chi connectivity index (χ2n) is 8.38. The summed E-state index contributed by atoms with van der Waals surface area (Å²) in [6, 6.07) is 13.1. The van der Waals surface area contributed by atoms with Crippen LogP contribution in [0.15, 0.2) is 55.0 Å². The molecule has 4 aromatic rings. The van der Waals surface area contributed by atoms with Crippen molar-refractivity contribution in [3.8, 4) is 17.4 Å². The van der Waals surface area contributed by atoms with E-state index in [0.717, 1.165) is 41.2 Å². The van der Waals surface area contributed by atoms with Gasteiger partial charge in [-0.3, -0.25) is 4.90 Å². The molecule has 3 heterocycles. The van der Waals surface area contributed by atoms with Crippen LogP contribution in [0.25, 0.3) is 16.6 Å². The van der Waals surface area contributed by atoms with E-state index in [-0.39, 0.29) is 0 Å². The zero-order valence-corrected chi connectivity index (χ0v) is 19.7. The number of anilines is 1. The maximum atomic E-state index is 6.70. The number of ether oxygens (including phenoxy) is 2. The van der Waals surface area contributed by atoms with Gasteiger partial charge in [-0.15, -0.1) is 0 Å². The molecule has 0 unspecified atom stereocenters. The molecule has 0 bridgehead atoms. The van der Waals surface area contributed by atoms with Gasteiger partial charge in [0.05, 0.1) is 17.6 Å². The summed E-state index contributed by atoms with van der Waals surface area (Å²) >= 11 is 6.70. The predicted octanol–water partition coefficient (Wildman–Crippen LogP) is 4.54. The normalized spacial score (nSPS) is 13.9. The summed E-state index contributed by atoms with van der Waals surface area (Å²) in [5, 5.41) is 1.81. The fourth-order valence-electron chi connectivity index (χ4n) is 4.21. The van der Waals surface area contributed by atoms with Crippen LogP contribution in [-0.4, -0.2) is 53.8 Å². The van der Waals surface area contributed by atoms with Gasteiger partial charge in [-0.1, -0.05) is 11.6 Å². The molecule has 0 aliphatic carbocycles. The Morgan fingerprint density at radius 2 is 1.94 bits per heavy atom. The van der Waals surface area contributed by atoms with E-state index >= 15 is 0 Å². The first-order valence-electron chi connectivity index (χ1n) is 10.8. The number of hydrogen-bond donors (Lipinski definition) is 0. The molecule has 0 N–H and O–H groups in total. The Labute approximate surface area is 198 Å². The Morgan fingerprint density at radius 1 is 1.12 bits per heavy atom. The maximum absolute atomic E-state index is 6.70. The van der Waals surface area contributed by atoms with Crippen molar-refractivity contribution in [1.82, 2.24) is 19.4 Å². The number of benzene rings is 2. The molecular weight excluding hydrogens is 438 g/mol. The van der Waals surface area contributed by atoms with Crippen LogP contribution in [0.5, 0.6) is 11.8 Å². The molecule has 0 atom stereocenters. The van der Waals surface area contributed by atoms with Crippen LogP contribution in [-0.2, 0) is 13.1 Å². The molecule has 0 fully saturated rings. The van der Waals surface area contributed by atoms with Crippen LogP contribution in [0.1, 0.15) is 11.1 Å². The van der Waals surface area contributed by atoms with Crippen molar-refractivity contribution < 1.29 is 9.47 Å². The Hall–Kier alpha value is -3.29. The fourth-order valence-corrected chi connectivity index (χ4v) is 4.49.